The van der Waals surface area contributed by atoms with E-state index in [2.05, 4.69) is 21.2 Å². The molecule has 2 nitrogen and oxygen atoms in total. The van der Waals surface area contributed by atoms with E-state index >= 15 is 0 Å². The Kier molecular flexibility index (Phi) is 3.82. The van der Waals surface area contributed by atoms with Crippen LogP contribution < -0.4 is 5.32 Å². The molecule has 1 aromatic carbocycles. The summed E-state index contributed by atoms with van der Waals surface area (Å²) >= 11 is 3.11. The molecule has 1 aromatic rings. The lowest BCUT2D eigenvalue weighted by Gasteiger charge is -2.29. The number of aliphatic hydroxyl groups excluding tert-OH is 1. The Hall–Kier alpha value is -0.610. The van der Waals surface area contributed by atoms with Crippen LogP contribution in [0.25, 0.3) is 0 Å². The second-order valence-corrected chi connectivity index (χ2v) is 5.09. The van der Waals surface area contributed by atoms with Gasteiger partial charge in [0.05, 0.1) is 16.6 Å². The molecule has 1 saturated carbocycles. The first kappa shape index (κ1) is 11.9. The fourth-order valence-electron chi connectivity index (χ4n) is 2.08. The van der Waals surface area contributed by atoms with Crippen LogP contribution >= 0.6 is 15.9 Å². The third kappa shape index (κ3) is 2.74. The van der Waals surface area contributed by atoms with E-state index in [1.54, 1.807) is 6.07 Å². The molecule has 0 aromatic heterocycles. The molecule has 2 N–H and O–H groups in total. The maximum absolute atomic E-state index is 13.3. The van der Waals surface area contributed by atoms with Crippen LogP contribution in [0.1, 0.15) is 25.7 Å². The van der Waals surface area contributed by atoms with E-state index in [9.17, 15) is 9.50 Å². The molecule has 1 aliphatic carbocycles. The lowest BCUT2D eigenvalue weighted by atomic mass is 9.92. The van der Waals surface area contributed by atoms with Crippen LogP contribution in [0.15, 0.2) is 22.7 Å². The van der Waals surface area contributed by atoms with Crippen molar-refractivity contribution >= 4 is 21.6 Å². The van der Waals surface area contributed by atoms with Crippen molar-refractivity contribution in [1.29, 1.82) is 0 Å². The first-order valence-electron chi connectivity index (χ1n) is 5.56. The molecule has 1 aliphatic rings. The van der Waals surface area contributed by atoms with Gasteiger partial charge in [-0.1, -0.05) is 12.8 Å². The van der Waals surface area contributed by atoms with Gasteiger partial charge in [0.1, 0.15) is 5.82 Å². The highest BCUT2D eigenvalue weighted by Gasteiger charge is 2.22. The minimum atomic E-state index is -0.319. The Morgan fingerprint density at radius 2 is 2.06 bits per heavy atom. The largest absolute Gasteiger partial charge is 0.391 e. The molecule has 2 atom stereocenters. The topological polar surface area (TPSA) is 32.3 Å². The van der Waals surface area contributed by atoms with Gasteiger partial charge in [-0.05, 0) is 47.0 Å². The number of anilines is 1. The Morgan fingerprint density at radius 3 is 2.75 bits per heavy atom. The van der Waals surface area contributed by atoms with Gasteiger partial charge in [-0.2, -0.15) is 0 Å². The lowest BCUT2D eigenvalue weighted by molar-refractivity contribution is 0.116. The third-order valence-electron chi connectivity index (χ3n) is 3.00. The summed E-state index contributed by atoms with van der Waals surface area (Å²) in [7, 11) is 0. The summed E-state index contributed by atoms with van der Waals surface area (Å²) in [5.41, 5.74) is 0.728. The molecule has 0 heterocycles. The van der Waals surface area contributed by atoms with Gasteiger partial charge in [0, 0.05) is 5.69 Å². The second-order valence-electron chi connectivity index (χ2n) is 4.23. The predicted molar refractivity (Wildman–Crippen MR) is 66.0 cm³/mol. The summed E-state index contributed by atoms with van der Waals surface area (Å²) in [5, 5.41) is 13.0. The van der Waals surface area contributed by atoms with Crippen molar-refractivity contribution in [1.82, 2.24) is 0 Å². The van der Waals surface area contributed by atoms with Crippen molar-refractivity contribution < 1.29 is 9.50 Å². The van der Waals surface area contributed by atoms with E-state index in [-0.39, 0.29) is 18.0 Å². The number of rotatable bonds is 2. The zero-order chi connectivity index (χ0) is 11.5. The molecular weight excluding hydrogens is 273 g/mol. The number of hydrogen-bond acceptors (Lipinski definition) is 2. The number of halogens is 2. The van der Waals surface area contributed by atoms with Crippen LogP contribution in [0, 0.1) is 5.82 Å². The van der Waals surface area contributed by atoms with Crippen LogP contribution in [0.4, 0.5) is 10.1 Å². The first-order valence-corrected chi connectivity index (χ1v) is 6.36. The zero-order valence-electron chi connectivity index (χ0n) is 8.92. The van der Waals surface area contributed by atoms with Crippen LogP contribution in [0.5, 0.6) is 0 Å². The molecule has 16 heavy (non-hydrogen) atoms. The van der Waals surface area contributed by atoms with E-state index < -0.39 is 0 Å². The van der Waals surface area contributed by atoms with Crippen molar-refractivity contribution in [2.45, 2.75) is 37.8 Å². The highest BCUT2D eigenvalue weighted by molar-refractivity contribution is 9.10. The van der Waals surface area contributed by atoms with E-state index in [4.69, 9.17) is 0 Å². The first-order chi connectivity index (χ1) is 7.66. The van der Waals surface area contributed by atoms with Crippen molar-refractivity contribution in [2.75, 3.05) is 5.32 Å². The van der Waals surface area contributed by atoms with Gasteiger partial charge in [-0.3, -0.25) is 0 Å². The Morgan fingerprint density at radius 1 is 1.31 bits per heavy atom. The number of nitrogens with one attached hydrogen (secondary N) is 1. The van der Waals surface area contributed by atoms with Crippen LogP contribution in [0.2, 0.25) is 0 Å². The maximum atomic E-state index is 13.3. The average Bonchev–Trinajstić information content (AvgIpc) is 2.27. The van der Waals surface area contributed by atoms with Gasteiger partial charge in [-0.25, -0.2) is 4.39 Å². The molecule has 88 valence electrons. The highest BCUT2D eigenvalue weighted by Crippen LogP contribution is 2.24. The minimum Gasteiger partial charge on any atom is -0.391 e. The monoisotopic (exact) mass is 287 g/mol. The van der Waals surface area contributed by atoms with Crippen molar-refractivity contribution in [3.63, 3.8) is 0 Å². The normalized spacial score (nSPS) is 25.4. The molecule has 1 fully saturated rings. The molecule has 2 rings (SSSR count). The number of benzene rings is 1. The maximum Gasteiger partial charge on any atom is 0.139 e. The van der Waals surface area contributed by atoms with E-state index in [1.807, 2.05) is 6.07 Å². The second kappa shape index (κ2) is 5.15. The molecular formula is C12H15BrFNO. The Bertz CT molecular complexity index is 372. The quantitative estimate of drug-likeness (QED) is 0.875. The van der Waals surface area contributed by atoms with Gasteiger partial charge in [0.15, 0.2) is 0 Å². The fourth-order valence-corrected chi connectivity index (χ4v) is 2.33. The predicted octanol–water partition coefficient (Wildman–Crippen LogP) is 3.30. The Labute approximate surface area is 103 Å². The van der Waals surface area contributed by atoms with E-state index in [0.29, 0.717) is 4.47 Å². The molecule has 0 bridgehead atoms. The van der Waals surface area contributed by atoms with Crippen LogP contribution in [-0.4, -0.2) is 17.3 Å². The molecule has 0 saturated heterocycles. The van der Waals surface area contributed by atoms with Crippen LogP contribution in [-0.2, 0) is 0 Å². The summed E-state index contributed by atoms with van der Waals surface area (Å²) in [6.45, 7) is 0. The van der Waals surface area contributed by atoms with Crippen molar-refractivity contribution in [3.8, 4) is 0 Å². The fraction of sp³-hybridized carbons (Fsp3) is 0.500. The summed E-state index contributed by atoms with van der Waals surface area (Å²) in [6.07, 6.45) is 3.65. The molecule has 0 radical (unpaired) electrons. The van der Waals surface area contributed by atoms with E-state index in [0.717, 1.165) is 31.4 Å². The molecule has 4 heteroatoms. The summed E-state index contributed by atoms with van der Waals surface area (Å²) in [4.78, 5) is 0. The van der Waals surface area contributed by atoms with Gasteiger partial charge in [-0.15, -0.1) is 0 Å². The lowest BCUT2D eigenvalue weighted by Crippen LogP contribution is -2.36. The average molecular weight is 288 g/mol. The summed E-state index contributed by atoms with van der Waals surface area (Å²) < 4.78 is 13.7. The van der Waals surface area contributed by atoms with Gasteiger partial charge in [0.2, 0.25) is 0 Å². The summed E-state index contributed by atoms with van der Waals surface area (Å²) in [5.74, 6) is -0.282. The SMILES string of the molecule is OC1CCCCC1Nc1ccc(Br)c(F)c1. The minimum absolute atomic E-state index is 0.0503. The Balaban J connectivity index is 2.05. The van der Waals surface area contributed by atoms with Crippen molar-refractivity contribution in [2.24, 2.45) is 0 Å². The number of hydrogen-bond donors (Lipinski definition) is 2. The van der Waals surface area contributed by atoms with E-state index in [1.165, 1.54) is 6.07 Å². The van der Waals surface area contributed by atoms with Crippen molar-refractivity contribution in [3.05, 3.63) is 28.5 Å². The van der Waals surface area contributed by atoms with Crippen LogP contribution in [0.3, 0.4) is 0 Å². The molecule has 0 spiro atoms. The zero-order valence-corrected chi connectivity index (χ0v) is 10.5. The molecule has 2 unspecified atom stereocenters. The van der Waals surface area contributed by atoms with Gasteiger partial charge >= 0.3 is 0 Å². The number of aliphatic hydroxyl groups is 1. The molecule has 0 amide bonds. The highest BCUT2D eigenvalue weighted by atomic mass is 79.9. The standard InChI is InChI=1S/C12H15BrFNO/c13-9-6-5-8(7-10(9)14)15-11-3-1-2-4-12(11)16/h5-7,11-12,15-16H,1-4H2. The van der Waals surface area contributed by atoms with Gasteiger partial charge < -0.3 is 10.4 Å². The third-order valence-corrected chi connectivity index (χ3v) is 3.64. The molecule has 0 aliphatic heterocycles. The smallest absolute Gasteiger partial charge is 0.139 e. The van der Waals surface area contributed by atoms with Gasteiger partial charge in [0.25, 0.3) is 0 Å². The summed E-state index contributed by atoms with van der Waals surface area (Å²) in [6, 6.07) is 4.99.